The van der Waals surface area contributed by atoms with Crippen LogP contribution in [0.5, 0.6) is 0 Å². The average Bonchev–Trinajstić information content (AvgIpc) is 3.39. The van der Waals surface area contributed by atoms with Crippen LogP contribution in [0.4, 0.5) is 10.8 Å². The van der Waals surface area contributed by atoms with Gasteiger partial charge in [-0.15, -0.1) is 21.5 Å². The molecule has 0 aliphatic carbocycles. The third-order valence-electron chi connectivity index (χ3n) is 4.16. The fourth-order valence-corrected chi connectivity index (χ4v) is 5.41. The van der Waals surface area contributed by atoms with Crippen molar-refractivity contribution >= 4 is 57.1 Å². The van der Waals surface area contributed by atoms with Gasteiger partial charge in [-0.05, 0) is 41.6 Å². The number of hydrogen-bond donors (Lipinski definition) is 1. The largest absolute Gasteiger partial charge is 0.312 e. The van der Waals surface area contributed by atoms with Crippen LogP contribution >= 0.6 is 34.4 Å². The minimum absolute atomic E-state index is 0.0207. The van der Waals surface area contributed by atoms with E-state index in [4.69, 9.17) is 0 Å². The minimum Gasteiger partial charge on any atom is -0.312 e. The van der Waals surface area contributed by atoms with Crippen LogP contribution in [-0.2, 0) is 17.0 Å². The first-order valence-corrected chi connectivity index (χ1v) is 11.0. The molecule has 0 saturated carbocycles. The number of carbonyl (C=O) groups excluding carboxylic acids is 2. The number of nitrogens with one attached hydrogen (secondary N) is 1. The lowest BCUT2D eigenvalue weighted by Gasteiger charge is -2.14. The molecule has 0 bridgehead atoms. The molecular weight excluding hydrogens is 400 g/mol. The number of amides is 2. The Hall–Kier alpha value is -2.23. The van der Waals surface area contributed by atoms with Crippen molar-refractivity contribution in [1.29, 1.82) is 0 Å². The first kappa shape index (κ1) is 18.1. The fourth-order valence-electron chi connectivity index (χ4n) is 2.89. The first-order valence-electron chi connectivity index (χ1n) is 8.31. The highest BCUT2D eigenvalue weighted by Crippen LogP contribution is 2.31. The number of hydrogen-bond acceptors (Lipinski definition) is 7. The van der Waals surface area contributed by atoms with Gasteiger partial charge in [0, 0.05) is 35.3 Å². The van der Waals surface area contributed by atoms with Gasteiger partial charge in [-0.25, -0.2) is 0 Å². The number of fused-ring (bicyclic) bond motifs is 1. The van der Waals surface area contributed by atoms with Crippen molar-refractivity contribution in [3.8, 4) is 0 Å². The van der Waals surface area contributed by atoms with Crippen LogP contribution < -0.4 is 10.2 Å². The van der Waals surface area contributed by atoms with Crippen LogP contribution in [0.3, 0.4) is 0 Å². The van der Waals surface area contributed by atoms with Crippen molar-refractivity contribution in [2.75, 3.05) is 16.8 Å². The fraction of sp³-hybridized carbons (Fsp3) is 0.222. The highest BCUT2D eigenvalue weighted by atomic mass is 32.2. The summed E-state index contributed by atoms with van der Waals surface area (Å²) in [6.07, 6.45) is 0.762. The maximum atomic E-state index is 12.5. The Kier molecular flexibility index (Phi) is 5.24. The van der Waals surface area contributed by atoms with Gasteiger partial charge in [0.25, 0.3) is 5.91 Å². The van der Waals surface area contributed by atoms with Crippen molar-refractivity contribution in [2.24, 2.45) is 0 Å². The molecule has 1 aliphatic heterocycles. The lowest BCUT2D eigenvalue weighted by Crippen LogP contribution is -2.25. The van der Waals surface area contributed by atoms with Crippen LogP contribution in [-0.4, -0.2) is 28.6 Å². The highest BCUT2D eigenvalue weighted by Gasteiger charge is 2.23. The van der Waals surface area contributed by atoms with Gasteiger partial charge in [0.05, 0.1) is 0 Å². The van der Waals surface area contributed by atoms with Crippen molar-refractivity contribution in [2.45, 2.75) is 23.4 Å². The third kappa shape index (κ3) is 4.05. The molecular formula is C18H16N4O2S3. The second-order valence-electron chi connectivity index (χ2n) is 5.96. The maximum Gasteiger partial charge on any atom is 0.257 e. The number of thioether (sulfide) groups is 1. The summed E-state index contributed by atoms with van der Waals surface area (Å²) in [6.45, 7) is 2.22. The first-order chi connectivity index (χ1) is 13.1. The molecule has 1 N–H and O–H groups in total. The van der Waals surface area contributed by atoms with E-state index in [-0.39, 0.29) is 11.8 Å². The summed E-state index contributed by atoms with van der Waals surface area (Å²) in [7, 11) is 0. The van der Waals surface area contributed by atoms with Crippen molar-refractivity contribution < 1.29 is 9.59 Å². The van der Waals surface area contributed by atoms with Gasteiger partial charge in [0.2, 0.25) is 11.0 Å². The Morgan fingerprint density at radius 3 is 2.96 bits per heavy atom. The molecule has 1 aromatic carbocycles. The lowest BCUT2D eigenvalue weighted by molar-refractivity contribution is -0.116. The number of anilines is 2. The molecule has 138 valence electrons. The summed E-state index contributed by atoms with van der Waals surface area (Å²) in [5.74, 6) is 0.648. The number of nitrogens with zero attached hydrogens (tertiary/aromatic N) is 3. The predicted octanol–water partition coefficient (Wildman–Crippen LogP) is 4.05. The summed E-state index contributed by atoms with van der Waals surface area (Å²) in [6, 6.07) is 9.53. The molecule has 2 amide bonds. The smallest absolute Gasteiger partial charge is 0.257 e. The van der Waals surface area contributed by atoms with E-state index < -0.39 is 0 Å². The van der Waals surface area contributed by atoms with Crippen LogP contribution in [0.25, 0.3) is 0 Å². The summed E-state index contributed by atoms with van der Waals surface area (Å²) in [5.41, 5.74) is 2.46. The van der Waals surface area contributed by atoms with E-state index >= 15 is 0 Å². The van der Waals surface area contributed by atoms with E-state index in [1.54, 1.807) is 41.0 Å². The molecule has 0 saturated heterocycles. The number of aromatic nitrogens is 2. The Labute approximate surface area is 168 Å². The van der Waals surface area contributed by atoms with E-state index in [1.807, 2.05) is 23.6 Å². The van der Waals surface area contributed by atoms with Crippen molar-refractivity contribution in [3.05, 3.63) is 51.7 Å². The molecule has 3 aromatic rings. The molecule has 0 unspecified atom stereocenters. The normalized spacial score (nSPS) is 12.9. The summed E-state index contributed by atoms with van der Waals surface area (Å²) < 4.78 is 0.824. The van der Waals surface area contributed by atoms with Gasteiger partial charge in [0.15, 0.2) is 4.34 Å². The molecule has 0 spiro atoms. The molecule has 0 fully saturated rings. The van der Waals surface area contributed by atoms with Crippen LogP contribution in [0, 0.1) is 0 Å². The van der Waals surface area contributed by atoms with Crippen molar-refractivity contribution in [1.82, 2.24) is 10.2 Å². The van der Waals surface area contributed by atoms with E-state index in [0.29, 0.717) is 17.2 Å². The molecule has 1 aliphatic rings. The third-order valence-corrected chi connectivity index (χ3v) is 7.24. The Balaban J connectivity index is 1.40. The molecule has 27 heavy (non-hydrogen) atoms. The van der Waals surface area contributed by atoms with Gasteiger partial charge in [0.1, 0.15) is 0 Å². The SMILES string of the molecule is CC(=O)N1CCc2cc(C(=O)Nc3nnc(SCc4cccs4)s3)ccc21. The van der Waals surface area contributed by atoms with Crippen LogP contribution in [0.1, 0.15) is 27.7 Å². The van der Waals surface area contributed by atoms with Gasteiger partial charge in [-0.3, -0.25) is 14.9 Å². The van der Waals surface area contributed by atoms with Gasteiger partial charge in [-0.1, -0.05) is 29.2 Å². The maximum absolute atomic E-state index is 12.5. The van der Waals surface area contributed by atoms with Crippen LogP contribution in [0.15, 0.2) is 40.1 Å². The Morgan fingerprint density at radius 2 is 2.19 bits per heavy atom. The van der Waals surface area contributed by atoms with Gasteiger partial charge in [-0.2, -0.15) is 0 Å². The van der Waals surface area contributed by atoms with E-state index in [9.17, 15) is 9.59 Å². The molecule has 0 radical (unpaired) electrons. The molecule has 4 rings (SSSR count). The summed E-state index contributed by atoms with van der Waals surface area (Å²) in [5, 5.41) is 13.5. The molecule has 0 atom stereocenters. The van der Waals surface area contributed by atoms with E-state index in [0.717, 1.165) is 27.8 Å². The van der Waals surface area contributed by atoms with E-state index in [2.05, 4.69) is 21.6 Å². The lowest BCUT2D eigenvalue weighted by atomic mass is 10.1. The van der Waals surface area contributed by atoms with Gasteiger partial charge < -0.3 is 4.90 Å². The molecule has 6 nitrogen and oxygen atoms in total. The number of carbonyl (C=O) groups is 2. The zero-order valence-corrected chi connectivity index (χ0v) is 16.9. The Bertz CT molecular complexity index is 984. The molecule has 9 heteroatoms. The number of thiophene rings is 1. The second-order valence-corrected chi connectivity index (χ2v) is 9.19. The topological polar surface area (TPSA) is 75.2 Å². The minimum atomic E-state index is -0.218. The van der Waals surface area contributed by atoms with Gasteiger partial charge >= 0.3 is 0 Å². The number of benzene rings is 1. The summed E-state index contributed by atoms with van der Waals surface area (Å²) in [4.78, 5) is 27.2. The second kappa shape index (κ2) is 7.79. The quantitative estimate of drug-likeness (QED) is 0.502. The van der Waals surface area contributed by atoms with E-state index in [1.165, 1.54) is 16.2 Å². The van der Waals surface area contributed by atoms with Crippen molar-refractivity contribution in [3.63, 3.8) is 0 Å². The molecule has 3 heterocycles. The average molecular weight is 417 g/mol. The Morgan fingerprint density at radius 1 is 1.30 bits per heavy atom. The summed E-state index contributed by atoms with van der Waals surface area (Å²) >= 11 is 4.69. The molecule has 2 aromatic heterocycles. The predicted molar refractivity (Wildman–Crippen MR) is 110 cm³/mol. The number of rotatable bonds is 5. The van der Waals surface area contributed by atoms with Crippen LogP contribution in [0.2, 0.25) is 0 Å². The highest BCUT2D eigenvalue weighted by molar-refractivity contribution is 8.00. The monoisotopic (exact) mass is 416 g/mol. The zero-order valence-electron chi connectivity index (χ0n) is 14.5. The zero-order chi connectivity index (χ0) is 18.8. The standard InChI is InChI=1S/C18H16N4O2S3/c1-11(23)22-7-6-12-9-13(4-5-15(12)22)16(24)19-17-20-21-18(27-17)26-10-14-3-2-8-25-14/h2-5,8-9H,6-7,10H2,1H3,(H,19,20,24).